The highest BCUT2D eigenvalue weighted by Crippen LogP contribution is 2.31. The number of amides is 2. The van der Waals surface area contributed by atoms with Crippen molar-refractivity contribution in [3.05, 3.63) is 34.9 Å². The maximum absolute atomic E-state index is 12.9. The van der Waals surface area contributed by atoms with E-state index < -0.39 is 0 Å². The Kier molecular flexibility index (Phi) is 6.77. The van der Waals surface area contributed by atoms with E-state index in [1.165, 1.54) is 12.8 Å². The highest BCUT2D eigenvalue weighted by molar-refractivity contribution is 6.30. The van der Waals surface area contributed by atoms with Crippen LogP contribution < -0.4 is 5.32 Å². The van der Waals surface area contributed by atoms with Gasteiger partial charge >= 0.3 is 0 Å². The Morgan fingerprint density at radius 2 is 1.63 bits per heavy atom. The third-order valence-electron chi connectivity index (χ3n) is 5.63. The molecule has 0 spiro atoms. The topological polar surface area (TPSA) is 52.7 Å². The van der Waals surface area contributed by atoms with Crippen LogP contribution in [0.5, 0.6) is 0 Å². The van der Waals surface area contributed by atoms with Crippen molar-refractivity contribution >= 4 is 23.4 Å². The van der Waals surface area contributed by atoms with Gasteiger partial charge in [0.2, 0.25) is 5.91 Å². The number of rotatable bonds is 5. The predicted octanol–water partition coefficient (Wildman–Crippen LogP) is 3.18. The number of nitrogens with zero attached hydrogens (tertiary/aromatic N) is 2. The summed E-state index contributed by atoms with van der Waals surface area (Å²) in [5.74, 6) is 0.618. The molecule has 0 bridgehead atoms. The highest BCUT2D eigenvalue weighted by atomic mass is 35.5. The maximum Gasteiger partial charge on any atom is 0.253 e. The molecule has 5 nitrogen and oxygen atoms in total. The zero-order chi connectivity index (χ0) is 19.4. The minimum absolute atomic E-state index is 0.0374. The van der Waals surface area contributed by atoms with Gasteiger partial charge in [-0.15, -0.1) is 0 Å². The van der Waals surface area contributed by atoms with Gasteiger partial charge in [-0.25, -0.2) is 0 Å². The lowest BCUT2D eigenvalue weighted by Crippen LogP contribution is -2.58. The Morgan fingerprint density at radius 3 is 2.19 bits per heavy atom. The number of halogens is 1. The summed E-state index contributed by atoms with van der Waals surface area (Å²) < 4.78 is 0. The van der Waals surface area contributed by atoms with Gasteiger partial charge in [-0.3, -0.25) is 14.5 Å². The molecule has 27 heavy (non-hydrogen) atoms. The molecule has 1 aliphatic heterocycles. The standard InChI is InChI=1S/C21H30ClN3O2/c1-15(2)23-20(26)19(16-5-3-4-6-16)24-11-13-25(14-12-24)21(27)17-7-9-18(22)10-8-17/h7-10,15-16,19H,3-6,11-14H2,1-2H3,(H,23,26). The highest BCUT2D eigenvalue weighted by Gasteiger charge is 2.37. The Hall–Kier alpha value is -1.59. The first-order chi connectivity index (χ1) is 13.0. The number of benzene rings is 1. The fraction of sp³-hybridized carbons (Fsp3) is 0.619. The molecule has 2 fully saturated rings. The van der Waals surface area contributed by atoms with Gasteiger partial charge in [-0.05, 0) is 56.9 Å². The molecule has 1 saturated carbocycles. The smallest absolute Gasteiger partial charge is 0.253 e. The van der Waals surface area contributed by atoms with E-state index in [1.807, 2.05) is 18.7 Å². The third-order valence-corrected chi connectivity index (χ3v) is 5.88. The van der Waals surface area contributed by atoms with Crippen molar-refractivity contribution in [2.45, 2.75) is 51.6 Å². The molecule has 148 valence electrons. The molecule has 1 aromatic rings. The molecule has 6 heteroatoms. The molecule has 2 aliphatic rings. The van der Waals surface area contributed by atoms with Crippen molar-refractivity contribution in [3.63, 3.8) is 0 Å². The summed E-state index contributed by atoms with van der Waals surface area (Å²) in [7, 11) is 0. The van der Waals surface area contributed by atoms with Gasteiger partial charge in [-0.1, -0.05) is 24.4 Å². The van der Waals surface area contributed by atoms with E-state index in [4.69, 9.17) is 11.6 Å². The van der Waals surface area contributed by atoms with Gasteiger partial charge in [0.25, 0.3) is 5.91 Å². The van der Waals surface area contributed by atoms with Crippen molar-refractivity contribution < 1.29 is 9.59 Å². The number of hydrogen-bond donors (Lipinski definition) is 1. The Morgan fingerprint density at radius 1 is 1.04 bits per heavy atom. The largest absolute Gasteiger partial charge is 0.353 e. The predicted molar refractivity (Wildman–Crippen MR) is 108 cm³/mol. The minimum Gasteiger partial charge on any atom is -0.353 e. The van der Waals surface area contributed by atoms with Gasteiger partial charge in [0, 0.05) is 42.8 Å². The third kappa shape index (κ3) is 5.02. The normalized spacial score (nSPS) is 20.1. The van der Waals surface area contributed by atoms with E-state index in [9.17, 15) is 9.59 Å². The molecule has 1 heterocycles. The quantitative estimate of drug-likeness (QED) is 0.838. The second-order valence-corrected chi connectivity index (χ2v) is 8.42. The fourth-order valence-corrected chi connectivity index (χ4v) is 4.43. The number of nitrogens with one attached hydrogen (secondary N) is 1. The number of carbonyl (C=O) groups is 2. The lowest BCUT2D eigenvalue weighted by molar-refractivity contribution is -0.129. The second kappa shape index (κ2) is 9.07. The average molecular weight is 392 g/mol. The summed E-state index contributed by atoms with van der Waals surface area (Å²) >= 11 is 5.91. The summed E-state index contributed by atoms with van der Waals surface area (Å²) in [6, 6.07) is 7.12. The molecule has 1 aromatic carbocycles. The Bertz CT molecular complexity index is 648. The molecule has 1 atom stereocenters. The van der Waals surface area contributed by atoms with Gasteiger partial charge in [0.05, 0.1) is 6.04 Å². The summed E-state index contributed by atoms with van der Waals surface area (Å²) in [6.45, 7) is 6.80. The van der Waals surface area contributed by atoms with E-state index in [0.717, 1.165) is 25.9 Å². The second-order valence-electron chi connectivity index (χ2n) is 7.99. The summed E-state index contributed by atoms with van der Waals surface area (Å²) in [4.78, 5) is 29.7. The van der Waals surface area contributed by atoms with E-state index in [-0.39, 0.29) is 23.9 Å². The van der Waals surface area contributed by atoms with Gasteiger partial charge in [0.15, 0.2) is 0 Å². The molecule has 1 saturated heterocycles. The van der Waals surface area contributed by atoms with Crippen molar-refractivity contribution in [1.29, 1.82) is 0 Å². The molecular formula is C21H30ClN3O2. The van der Waals surface area contributed by atoms with Crippen LogP contribution in [0.2, 0.25) is 5.02 Å². The van der Waals surface area contributed by atoms with Crippen LogP contribution in [0.3, 0.4) is 0 Å². The molecule has 0 aromatic heterocycles. The summed E-state index contributed by atoms with van der Waals surface area (Å²) in [6.07, 6.45) is 4.68. The van der Waals surface area contributed by atoms with Crippen LogP contribution in [-0.2, 0) is 4.79 Å². The van der Waals surface area contributed by atoms with Crippen molar-refractivity contribution in [2.75, 3.05) is 26.2 Å². The van der Waals surface area contributed by atoms with Crippen LogP contribution >= 0.6 is 11.6 Å². The molecule has 1 N–H and O–H groups in total. The SMILES string of the molecule is CC(C)NC(=O)C(C1CCCC1)N1CCN(C(=O)c2ccc(Cl)cc2)CC1. The van der Waals surface area contributed by atoms with Gasteiger partial charge in [-0.2, -0.15) is 0 Å². The lowest BCUT2D eigenvalue weighted by Gasteiger charge is -2.41. The zero-order valence-corrected chi connectivity index (χ0v) is 17.0. The first kappa shape index (κ1) is 20.2. The van der Waals surface area contributed by atoms with Crippen LogP contribution in [0.25, 0.3) is 0 Å². The zero-order valence-electron chi connectivity index (χ0n) is 16.3. The van der Waals surface area contributed by atoms with Crippen molar-refractivity contribution in [2.24, 2.45) is 5.92 Å². The van der Waals surface area contributed by atoms with Crippen LogP contribution in [0, 0.1) is 5.92 Å². The first-order valence-corrected chi connectivity index (χ1v) is 10.4. The van der Waals surface area contributed by atoms with Crippen LogP contribution in [0.1, 0.15) is 49.9 Å². The monoisotopic (exact) mass is 391 g/mol. The van der Waals surface area contributed by atoms with Crippen molar-refractivity contribution in [3.8, 4) is 0 Å². The molecule has 1 unspecified atom stereocenters. The number of carbonyl (C=O) groups excluding carboxylic acids is 2. The summed E-state index contributed by atoms with van der Waals surface area (Å²) in [5.41, 5.74) is 0.665. The molecule has 0 radical (unpaired) electrons. The molecular weight excluding hydrogens is 362 g/mol. The van der Waals surface area contributed by atoms with E-state index in [1.54, 1.807) is 24.3 Å². The van der Waals surface area contributed by atoms with E-state index >= 15 is 0 Å². The van der Waals surface area contributed by atoms with E-state index in [0.29, 0.717) is 29.6 Å². The molecule has 1 aliphatic carbocycles. The molecule has 2 amide bonds. The van der Waals surface area contributed by atoms with Crippen LogP contribution in [0.15, 0.2) is 24.3 Å². The first-order valence-electron chi connectivity index (χ1n) is 10.0. The van der Waals surface area contributed by atoms with Crippen molar-refractivity contribution in [1.82, 2.24) is 15.1 Å². The van der Waals surface area contributed by atoms with Gasteiger partial charge in [0.1, 0.15) is 0 Å². The fourth-order valence-electron chi connectivity index (χ4n) is 4.30. The lowest BCUT2D eigenvalue weighted by atomic mass is 9.94. The maximum atomic E-state index is 12.9. The van der Waals surface area contributed by atoms with Crippen LogP contribution in [0.4, 0.5) is 0 Å². The minimum atomic E-state index is -0.0670. The Balaban J connectivity index is 1.63. The van der Waals surface area contributed by atoms with Gasteiger partial charge < -0.3 is 10.2 Å². The van der Waals surface area contributed by atoms with E-state index in [2.05, 4.69) is 10.2 Å². The van der Waals surface area contributed by atoms with Crippen LogP contribution in [-0.4, -0.2) is 59.9 Å². The molecule has 3 rings (SSSR count). The number of hydrogen-bond acceptors (Lipinski definition) is 3. The summed E-state index contributed by atoms with van der Waals surface area (Å²) in [5, 5.41) is 3.74. The Labute approximate surface area is 167 Å². The number of piperazine rings is 1. The average Bonchev–Trinajstić information content (AvgIpc) is 3.16.